The van der Waals surface area contributed by atoms with E-state index in [1.165, 1.54) is 0 Å². The molecule has 328 valence electrons. The van der Waals surface area contributed by atoms with Gasteiger partial charge in [0.2, 0.25) is 0 Å². The van der Waals surface area contributed by atoms with Crippen LogP contribution >= 0.6 is 0 Å². The number of ether oxygens (including phenoxy) is 6. The quantitative estimate of drug-likeness (QED) is 0.0685. The van der Waals surface area contributed by atoms with E-state index in [0.717, 1.165) is 38.7 Å². The summed E-state index contributed by atoms with van der Waals surface area (Å²) in [5.41, 5.74) is 6.65. The summed E-state index contributed by atoms with van der Waals surface area (Å²) >= 11 is 0. The number of aromatic amines is 1. The molecule has 1 aliphatic heterocycles. The highest BCUT2D eigenvalue weighted by Crippen LogP contribution is 2.41. The van der Waals surface area contributed by atoms with Gasteiger partial charge in [0.1, 0.15) is 43.2 Å². The summed E-state index contributed by atoms with van der Waals surface area (Å²) in [5.74, 6) is -1.22. The number of benzene rings is 6. The number of nitrogens with one attached hydrogen (secondary N) is 2. The Balaban J connectivity index is 1.18. The van der Waals surface area contributed by atoms with E-state index in [-0.39, 0.29) is 39.5 Å². The second-order valence-corrected chi connectivity index (χ2v) is 15.7. The minimum absolute atomic E-state index is 0.0146. The molecule has 6 atom stereocenters. The van der Waals surface area contributed by atoms with E-state index >= 15 is 0 Å². The summed E-state index contributed by atoms with van der Waals surface area (Å²) in [6.45, 7) is 1.21. The molecule has 1 amide bonds. The third kappa shape index (κ3) is 11.7. The molecule has 1 saturated heterocycles. The van der Waals surface area contributed by atoms with E-state index < -0.39 is 48.6 Å². The van der Waals surface area contributed by atoms with E-state index in [1.54, 1.807) is 0 Å². The molecule has 1 aromatic heterocycles. The minimum atomic E-state index is -1.36. The molecular weight excluding hydrogens is 809 g/mol. The predicted octanol–water partition coefficient (Wildman–Crippen LogP) is 9.50. The molecule has 0 aliphatic carbocycles. The number of aliphatic carboxylic acids is 1. The largest absolute Gasteiger partial charge is 0.480 e. The van der Waals surface area contributed by atoms with Gasteiger partial charge in [0.25, 0.3) is 0 Å². The maximum Gasteiger partial charge on any atom is 0.408 e. The standard InChI is InChI=1S/C53H52N2O9/c56-52(57)45(55-53(58)63-35-41-26-14-5-15-27-41)30-43-42-28-16-17-29-44(42)54-47(43)49-51(62-34-40-24-12-4-13-25-40)50(61-33-39-22-10-3-11-23-39)48(60-32-38-20-8-2-9-21-38)46(64-49)36-59-31-37-18-6-1-7-19-37/h1-29,45-46,48-51,54H,30-36H2,(H,55,58)(H,56,57)/t45-,46+,48+,49-,50-,51-/m0/s1. The van der Waals surface area contributed by atoms with Crippen LogP contribution in [0.15, 0.2) is 176 Å². The van der Waals surface area contributed by atoms with Crippen molar-refractivity contribution in [3.05, 3.63) is 215 Å². The van der Waals surface area contributed by atoms with Gasteiger partial charge in [-0.05, 0) is 39.4 Å². The molecule has 7 aromatic rings. The minimum Gasteiger partial charge on any atom is -0.480 e. The number of hydrogen-bond acceptors (Lipinski definition) is 8. The Morgan fingerprint density at radius 1 is 0.562 bits per heavy atom. The molecule has 8 rings (SSSR count). The van der Waals surface area contributed by atoms with E-state index in [0.29, 0.717) is 17.9 Å². The molecular formula is C53H52N2O9. The Hall–Kier alpha value is -6.60. The van der Waals surface area contributed by atoms with Gasteiger partial charge in [-0.1, -0.05) is 170 Å². The fourth-order valence-electron chi connectivity index (χ4n) is 8.02. The highest BCUT2D eigenvalue weighted by Gasteiger charge is 2.50. The number of fused-ring (bicyclic) bond motifs is 1. The molecule has 0 unspecified atom stereocenters. The SMILES string of the molecule is O=C(N[C@@H](Cc1c([C@@H]2O[C@H](COCc3ccccc3)[C@@H](OCc3ccccc3)[C@H](OCc3ccccc3)[C@H]2OCc2ccccc2)[nH]c2ccccc12)C(=O)O)OCc1ccccc1. The molecule has 2 heterocycles. The molecule has 0 bridgehead atoms. The second kappa shape index (κ2) is 22.2. The van der Waals surface area contributed by atoms with Crippen molar-refractivity contribution in [1.29, 1.82) is 0 Å². The van der Waals surface area contributed by atoms with Gasteiger partial charge in [-0.25, -0.2) is 9.59 Å². The Kier molecular flexibility index (Phi) is 15.2. The van der Waals surface area contributed by atoms with Crippen molar-refractivity contribution in [2.45, 2.75) is 76.0 Å². The molecule has 11 heteroatoms. The van der Waals surface area contributed by atoms with Crippen molar-refractivity contribution in [2.75, 3.05) is 6.61 Å². The first-order chi connectivity index (χ1) is 31.5. The summed E-state index contributed by atoms with van der Waals surface area (Å²) in [4.78, 5) is 29.7. The number of para-hydroxylation sites is 1. The number of carboxylic acid groups (broad SMARTS) is 1. The third-order valence-corrected chi connectivity index (χ3v) is 11.2. The monoisotopic (exact) mass is 860 g/mol. The number of carbonyl (C=O) groups is 2. The molecule has 0 saturated carbocycles. The van der Waals surface area contributed by atoms with Crippen molar-refractivity contribution in [2.24, 2.45) is 0 Å². The van der Waals surface area contributed by atoms with Crippen molar-refractivity contribution < 1.29 is 43.1 Å². The lowest BCUT2D eigenvalue weighted by Crippen LogP contribution is -2.58. The first-order valence-corrected chi connectivity index (χ1v) is 21.5. The number of aromatic nitrogens is 1. The van der Waals surface area contributed by atoms with Gasteiger partial charge in [0, 0.05) is 17.3 Å². The number of amides is 1. The highest BCUT2D eigenvalue weighted by atomic mass is 16.6. The summed E-state index contributed by atoms with van der Waals surface area (Å²) in [6.07, 6.45) is -4.69. The highest BCUT2D eigenvalue weighted by molar-refractivity contribution is 5.87. The Morgan fingerprint density at radius 3 is 1.55 bits per heavy atom. The predicted molar refractivity (Wildman–Crippen MR) is 242 cm³/mol. The first-order valence-electron chi connectivity index (χ1n) is 21.5. The average Bonchev–Trinajstić information content (AvgIpc) is 3.70. The zero-order valence-corrected chi connectivity index (χ0v) is 35.4. The number of H-pyrrole nitrogens is 1. The number of rotatable bonds is 20. The van der Waals surface area contributed by atoms with Crippen molar-refractivity contribution in [3.8, 4) is 0 Å². The van der Waals surface area contributed by atoms with Crippen LogP contribution in [0.2, 0.25) is 0 Å². The van der Waals surface area contributed by atoms with Crippen molar-refractivity contribution >= 4 is 23.0 Å². The van der Waals surface area contributed by atoms with Crippen molar-refractivity contribution in [3.63, 3.8) is 0 Å². The van der Waals surface area contributed by atoms with Crippen LogP contribution in [0.1, 0.15) is 45.2 Å². The Labute approximate surface area is 372 Å². The third-order valence-electron chi connectivity index (χ3n) is 11.2. The number of carbonyl (C=O) groups excluding carboxylic acids is 1. The molecule has 1 aliphatic rings. The van der Waals surface area contributed by atoms with Crippen LogP contribution in [0.5, 0.6) is 0 Å². The van der Waals surface area contributed by atoms with E-state index in [1.807, 2.05) is 176 Å². The van der Waals surface area contributed by atoms with Gasteiger partial charge < -0.3 is 43.8 Å². The fraction of sp³-hybridized carbons (Fsp3) is 0.245. The van der Waals surface area contributed by atoms with E-state index in [9.17, 15) is 14.7 Å². The number of hydrogen-bond donors (Lipinski definition) is 3. The Bertz CT molecular complexity index is 2510. The van der Waals surface area contributed by atoms with Crippen LogP contribution in [0, 0.1) is 0 Å². The lowest BCUT2D eigenvalue weighted by molar-refractivity contribution is -0.275. The smallest absolute Gasteiger partial charge is 0.408 e. The fourth-order valence-corrected chi connectivity index (χ4v) is 8.02. The van der Waals surface area contributed by atoms with Gasteiger partial charge in [-0.3, -0.25) is 0 Å². The van der Waals surface area contributed by atoms with Gasteiger partial charge in [-0.15, -0.1) is 0 Å². The number of alkyl carbamates (subject to hydrolysis) is 1. The Morgan fingerprint density at radius 2 is 1.02 bits per heavy atom. The van der Waals surface area contributed by atoms with E-state index in [2.05, 4.69) is 10.3 Å². The molecule has 0 spiro atoms. The van der Waals surface area contributed by atoms with Crippen LogP contribution in [0.25, 0.3) is 10.9 Å². The lowest BCUT2D eigenvalue weighted by Gasteiger charge is -2.46. The number of carboxylic acids is 1. The van der Waals surface area contributed by atoms with Crippen LogP contribution in [-0.2, 0) is 72.7 Å². The van der Waals surface area contributed by atoms with Crippen LogP contribution in [0.4, 0.5) is 4.79 Å². The van der Waals surface area contributed by atoms with E-state index in [4.69, 9.17) is 28.4 Å². The van der Waals surface area contributed by atoms with Gasteiger partial charge >= 0.3 is 12.1 Å². The van der Waals surface area contributed by atoms with Crippen LogP contribution < -0.4 is 5.32 Å². The maximum atomic E-state index is 13.2. The summed E-state index contributed by atoms with van der Waals surface area (Å²) in [7, 11) is 0. The molecule has 6 aromatic carbocycles. The maximum absolute atomic E-state index is 13.2. The molecule has 1 fully saturated rings. The van der Waals surface area contributed by atoms with Crippen LogP contribution in [-0.4, -0.2) is 59.2 Å². The van der Waals surface area contributed by atoms with Gasteiger partial charge in [0.05, 0.1) is 38.7 Å². The summed E-state index contributed by atoms with van der Waals surface area (Å²) in [5, 5.41) is 14.0. The molecule has 64 heavy (non-hydrogen) atoms. The van der Waals surface area contributed by atoms with Gasteiger partial charge in [0.15, 0.2) is 0 Å². The van der Waals surface area contributed by atoms with Crippen molar-refractivity contribution in [1.82, 2.24) is 10.3 Å². The van der Waals surface area contributed by atoms with Crippen LogP contribution in [0.3, 0.4) is 0 Å². The molecule has 3 N–H and O–H groups in total. The van der Waals surface area contributed by atoms with Gasteiger partial charge in [-0.2, -0.15) is 0 Å². The summed E-state index contributed by atoms with van der Waals surface area (Å²) in [6, 6.07) is 55.2. The zero-order valence-electron chi connectivity index (χ0n) is 35.4. The molecule has 11 nitrogen and oxygen atoms in total. The second-order valence-electron chi connectivity index (χ2n) is 15.7. The first kappa shape index (κ1) is 44.0. The normalized spacial score (nSPS) is 18.9. The average molecular weight is 861 g/mol. The summed E-state index contributed by atoms with van der Waals surface area (Å²) < 4.78 is 40.0. The topological polar surface area (TPSA) is 138 Å². The zero-order chi connectivity index (χ0) is 43.9. The lowest BCUT2D eigenvalue weighted by atomic mass is 9.89. The molecule has 0 radical (unpaired) electrons.